The van der Waals surface area contributed by atoms with E-state index in [4.69, 9.17) is 25.9 Å². The molecule has 1 aromatic carbocycles. The maximum Gasteiger partial charge on any atom is 0.349 e. The average molecular weight is 445 g/mol. The maximum absolute atomic E-state index is 11.9. The Kier molecular flexibility index (Phi) is 8.58. The van der Waals surface area contributed by atoms with Crippen molar-refractivity contribution in [3.05, 3.63) is 77.1 Å². The Balaban J connectivity index is 1.56. The van der Waals surface area contributed by atoms with Crippen LogP contribution in [0, 0.1) is 0 Å². The molecule has 0 bridgehead atoms. The summed E-state index contributed by atoms with van der Waals surface area (Å²) in [6.07, 6.45) is 4.91. The van der Waals surface area contributed by atoms with Crippen LogP contribution >= 0.6 is 11.6 Å². The summed E-state index contributed by atoms with van der Waals surface area (Å²) in [6.45, 7) is 3.00. The van der Waals surface area contributed by atoms with Crippen molar-refractivity contribution >= 4 is 23.5 Å². The zero-order valence-corrected chi connectivity index (χ0v) is 18.0. The first kappa shape index (κ1) is 22.9. The summed E-state index contributed by atoms with van der Waals surface area (Å²) in [7, 11) is 0. The Hall–Kier alpha value is -2.74. The molecule has 164 valence electrons. The van der Waals surface area contributed by atoms with Gasteiger partial charge in [-0.15, -0.1) is 5.06 Å². The second kappa shape index (κ2) is 11.6. The van der Waals surface area contributed by atoms with Gasteiger partial charge in [0.05, 0.1) is 18.4 Å². The van der Waals surface area contributed by atoms with Gasteiger partial charge < -0.3 is 14.3 Å². The number of rotatable bonds is 8. The van der Waals surface area contributed by atoms with Crippen LogP contribution in [0.2, 0.25) is 5.02 Å². The predicted octanol–water partition coefficient (Wildman–Crippen LogP) is 3.88. The van der Waals surface area contributed by atoms with Gasteiger partial charge in [-0.2, -0.15) is 0 Å². The van der Waals surface area contributed by atoms with Crippen LogP contribution in [0.25, 0.3) is 0 Å². The van der Waals surface area contributed by atoms with E-state index in [1.165, 1.54) is 0 Å². The number of benzene rings is 1. The van der Waals surface area contributed by atoms with E-state index in [-0.39, 0.29) is 18.8 Å². The molecule has 1 aliphatic rings. The Morgan fingerprint density at radius 2 is 1.84 bits per heavy atom. The lowest BCUT2D eigenvalue weighted by atomic mass is 10.0. The Bertz CT molecular complexity index is 881. The molecular formula is C23H25ClN2O5. The fraction of sp³-hybridized carbons (Fsp3) is 0.348. The third kappa shape index (κ3) is 7.17. The van der Waals surface area contributed by atoms with Crippen LogP contribution in [0.4, 0.5) is 0 Å². The van der Waals surface area contributed by atoms with E-state index in [1.54, 1.807) is 18.2 Å². The van der Waals surface area contributed by atoms with E-state index < -0.39 is 11.9 Å². The number of piperidine rings is 1. The van der Waals surface area contributed by atoms with E-state index >= 15 is 0 Å². The molecule has 3 rings (SSSR count). The van der Waals surface area contributed by atoms with Crippen molar-refractivity contribution in [1.82, 2.24) is 10.0 Å². The predicted molar refractivity (Wildman–Crippen MR) is 115 cm³/mol. The zero-order chi connectivity index (χ0) is 22.1. The number of esters is 1. The van der Waals surface area contributed by atoms with Gasteiger partial charge in [0.15, 0.2) is 0 Å². The number of pyridine rings is 1. The Morgan fingerprint density at radius 3 is 2.48 bits per heavy atom. The zero-order valence-electron chi connectivity index (χ0n) is 17.3. The van der Waals surface area contributed by atoms with Gasteiger partial charge in [-0.25, -0.2) is 9.59 Å². The molecule has 1 aliphatic heterocycles. The second-order valence-electron chi connectivity index (χ2n) is 6.95. The van der Waals surface area contributed by atoms with Gasteiger partial charge in [0, 0.05) is 36.5 Å². The lowest BCUT2D eigenvalue weighted by Gasteiger charge is -2.32. The molecule has 0 spiro atoms. The lowest BCUT2D eigenvalue weighted by molar-refractivity contribution is -0.195. The van der Waals surface area contributed by atoms with E-state index in [2.05, 4.69) is 4.98 Å². The number of ether oxygens (including phenoxy) is 2. The van der Waals surface area contributed by atoms with E-state index in [9.17, 15) is 9.59 Å². The number of carbonyl (C=O) groups is 2. The minimum atomic E-state index is -0.611. The highest BCUT2D eigenvalue weighted by Gasteiger charge is 2.26. The summed E-state index contributed by atoms with van der Waals surface area (Å²) >= 11 is 6.03. The first-order valence-electron chi connectivity index (χ1n) is 10.2. The summed E-state index contributed by atoms with van der Waals surface area (Å²) in [5, 5.41) is 2.24. The molecule has 1 aromatic heterocycles. The van der Waals surface area contributed by atoms with Crippen LogP contribution in [0.3, 0.4) is 0 Å². The van der Waals surface area contributed by atoms with Crippen LogP contribution < -0.4 is 0 Å². The quantitative estimate of drug-likeness (QED) is 0.451. The molecule has 0 unspecified atom stereocenters. The summed E-state index contributed by atoms with van der Waals surface area (Å²) in [6, 6.07) is 13.3. The Labute approximate surface area is 186 Å². The van der Waals surface area contributed by atoms with Gasteiger partial charge in [0.1, 0.15) is 6.10 Å². The third-order valence-corrected chi connectivity index (χ3v) is 4.97. The smallest absolute Gasteiger partial charge is 0.349 e. The maximum atomic E-state index is 11.9. The van der Waals surface area contributed by atoms with Crippen molar-refractivity contribution < 1.29 is 23.9 Å². The van der Waals surface area contributed by atoms with Crippen molar-refractivity contribution in [3.8, 4) is 0 Å². The number of nitrogens with zero attached hydrogens (tertiary/aromatic N) is 2. The summed E-state index contributed by atoms with van der Waals surface area (Å²) in [4.78, 5) is 32.9. The monoisotopic (exact) mass is 444 g/mol. The van der Waals surface area contributed by atoms with Gasteiger partial charge in [-0.05, 0) is 49.6 Å². The molecule has 2 aromatic rings. The van der Waals surface area contributed by atoms with E-state index in [0.29, 0.717) is 31.0 Å². The SMILES string of the molecule is CCOC(=O)/C=C/C(=O)ON1CCC(O[C@@H](c2ccc(Cl)cc2)c2ccccn2)CC1. The van der Waals surface area contributed by atoms with Crippen LogP contribution in [-0.4, -0.2) is 47.8 Å². The molecule has 2 heterocycles. The number of halogens is 1. The molecule has 1 saturated heterocycles. The highest BCUT2D eigenvalue weighted by atomic mass is 35.5. The summed E-state index contributed by atoms with van der Waals surface area (Å²) < 4.78 is 11.2. The van der Waals surface area contributed by atoms with E-state index in [1.807, 2.05) is 42.5 Å². The molecule has 1 fully saturated rings. The van der Waals surface area contributed by atoms with E-state index in [0.717, 1.165) is 23.4 Å². The third-order valence-electron chi connectivity index (χ3n) is 4.72. The number of hydroxylamine groups is 2. The molecule has 1 atom stereocenters. The molecule has 0 amide bonds. The van der Waals surface area contributed by atoms with Crippen LogP contribution in [0.1, 0.15) is 37.1 Å². The topological polar surface area (TPSA) is 78.0 Å². The first-order chi connectivity index (χ1) is 15.0. The number of carbonyl (C=O) groups excluding carboxylic acids is 2. The van der Waals surface area contributed by atoms with Gasteiger partial charge in [0.25, 0.3) is 0 Å². The summed E-state index contributed by atoms with van der Waals surface area (Å²) in [5.41, 5.74) is 1.80. The van der Waals surface area contributed by atoms with Gasteiger partial charge >= 0.3 is 11.9 Å². The molecular weight excluding hydrogens is 420 g/mol. The standard InChI is InChI=1S/C23H25ClN2O5/c1-2-29-21(27)10-11-22(28)31-26-15-12-19(13-16-26)30-23(20-5-3-4-14-25-20)17-6-8-18(24)9-7-17/h3-11,14,19,23H,2,12-13,15-16H2,1H3/b11-10+/t23-/m0/s1. The fourth-order valence-corrected chi connectivity index (χ4v) is 3.35. The summed E-state index contributed by atoms with van der Waals surface area (Å²) in [5.74, 6) is -1.19. The second-order valence-corrected chi connectivity index (χ2v) is 7.38. The molecule has 0 saturated carbocycles. The lowest BCUT2D eigenvalue weighted by Crippen LogP contribution is -2.38. The van der Waals surface area contributed by atoms with Crippen molar-refractivity contribution in [2.24, 2.45) is 0 Å². The average Bonchev–Trinajstić information content (AvgIpc) is 2.79. The molecule has 8 heteroatoms. The minimum absolute atomic E-state index is 0.0206. The van der Waals surface area contributed by atoms with Crippen molar-refractivity contribution in [3.63, 3.8) is 0 Å². The highest BCUT2D eigenvalue weighted by Crippen LogP contribution is 2.29. The molecule has 0 aliphatic carbocycles. The normalized spacial score (nSPS) is 16.2. The largest absolute Gasteiger partial charge is 0.463 e. The van der Waals surface area contributed by atoms with Crippen LogP contribution in [0.5, 0.6) is 0 Å². The molecule has 31 heavy (non-hydrogen) atoms. The van der Waals surface area contributed by atoms with Crippen molar-refractivity contribution in [2.45, 2.75) is 32.0 Å². The van der Waals surface area contributed by atoms with Crippen molar-refractivity contribution in [1.29, 1.82) is 0 Å². The molecule has 0 radical (unpaired) electrons. The molecule has 7 nitrogen and oxygen atoms in total. The fourth-order valence-electron chi connectivity index (χ4n) is 3.22. The van der Waals surface area contributed by atoms with Crippen LogP contribution in [-0.2, 0) is 23.9 Å². The van der Waals surface area contributed by atoms with Crippen molar-refractivity contribution in [2.75, 3.05) is 19.7 Å². The van der Waals surface area contributed by atoms with Crippen LogP contribution in [0.15, 0.2) is 60.8 Å². The number of aromatic nitrogens is 1. The minimum Gasteiger partial charge on any atom is -0.463 e. The van der Waals surface area contributed by atoms with Gasteiger partial charge in [-0.3, -0.25) is 4.98 Å². The van der Waals surface area contributed by atoms with Gasteiger partial charge in [-0.1, -0.05) is 29.8 Å². The number of hydrogen-bond donors (Lipinski definition) is 0. The number of hydrogen-bond acceptors (Lipinski definition) is 7. The Morgan fingerprint density at radius 1 is 1.13 bits per heavy atom. The van der Waals surface area contributed by atoms with Gasteiger partial charge in [0.2, 0.25) is 0 Å². The first-order valence-corrected chi connectivity index (χ1v) is 10.6. The molecule has 0 N–H and O–H groups in total. The highest BCUT2D eigenvalue weighted by molar-refractivity contribution is 6.30.